The van der Waals surface area contributed by atoms with Crippen LogP contribution in [0.2, 0.25) is 0 Å². The predicted molar refractivity (Wildman–Crippen MR) is 149 cm³/mol. The van der Waals surface area contributed by atoms with Gasteiger partial charge in [0.05, 0.1) is 10.4 Å². The highest BCUT2D eigenvalue weighted by Gasteiger charge is 2.37. The van der Waals surface area contributed by atoms with Crippen LogP contribution in [0, 0.1) is 13.8 Å². The summed E-state index contributed by atoms with van der Waals surface area (Å²) < 4.78 is 0. The Hall–Kier alpha value is -3.32. The summed E-state index contributed by atoms with van der Waals surface area (Å²) in [6, 6.07) is 11.9. The van der Waals surface area contributed by atoms with Crippen molar-refractivity contribution < 1.29 is 14.4 Å². The first-order chi connectivity index (χ1) is 16.9. The summed E-state index contributed by atoms with van der Waals surface area (Å²) >= 11 is 0.872. The second-order valence-corrected chi connectivity index (χ2v) is 11.3. The van der Waals surface area contributed by atoms with E-state index in [0.717, 1.165) is 38.9 Å². The second kappa shape index (κ2) is 9.62. The summed E-state index contributed by atoms with van der Waals surface area (Å²) in [5.41, 5.74) is 6.98. The summed E-state index contributed by atoms with van der Waals surface area (Å²) in [5.74, 6) is -0.858. The molecule has 2 aliphatic heterocycles. The zero-order valence-corrected chi connectivity index (χ0v) is 22.7. The monoisotopic (exact) mass is 503 g/mol. The van der Waals surface area contributed by atoms with E-state index >= 15 is 0 Å². The molecule has 0 aromatic heterocycles. The molecule has 0 aliphatic carbocycles. The summed E-state index contributed by atoms with van der Waals surface area (Å²) in [5, 5.41) is 2.30. The first kappa shape index (κ1) is 25.8. The molecule has 2 aromatic rings. The molecule has 188 valence electrons. The number of thioether (sulfide) groups is 1. The van der Waals surface area contributed by atoms with Crippen LogP contribution in [0.4, 0.5) is 16.2 Å². The second-order valence-electron chi connectivity index (χ2n) is 10.4. The Labute approximate surface area is 217 Å². The van der Waals surface area contributed by atoms with E-state index in [1.54, 1.807) is 18.2 Å². The maximum absolute atomic E-state index is 13.1. The molecule has 0 spiro atoms. The fraction of sp³-hybridized carbons (Fsp3) is 0.345. The van der Waals surface area contributed by atoms with Gasteiger partial charge < -0.3 is 10.2 Å². The average Bonchev–Trinajstić information content (AvgIpc) is 3.03. The predicted octanol–water partition coefficient (Wildman–Crippen LogP) is 6.39. The molecule has 6 nitrogen and oxygen atoms in total. The van der Waals surface area contributed by atoms with E-state index in [0.29, 0.717) is 16.6 Å². The minimum Gasteiger partial charge on any atom is -0.360 e. The van der Waals surface area contributed by atoms with E-state index in [1.807, 2.05) is 26.0 Å². The maximum Gasteiger partial charge on any atom is 0.294 e. The molecular formula is C29H33N3O3S. The van der Waals surface area contributed by atoms with Gasteiger partial charge in [-0.3, -0.25) is 19.3 Å². The van der Waals surface area contributed by atoms with Gasteiger partial charge in [-0.05, 0) is 107 Å². The third kappa shape index (κ3) is 4.98. The molecule has 0 saturated carbocycles. The van der Waals surface area contributed by atoms with Crippen LogP contribution >= 0.6 is 11.8 Å². The minimum absolute atomic E-state index is 0.110. The quantitative estimate of drug-likeness (QED) is 0.479. The van der Waals surface area contributed by atoms with Crippen LogP contribution in [-0.4, -0.2) is 40.1 Å². The molecule has 0 bridgehead atoms. The van der Waals surface area contributed by atoms with Gasteiger partial charge in [0.2, 0.25) is 5.91 Å². The molecule has 0 atom stereocenters. The van der Waals surface area contributed by atoms with Gasteiger partial charge in [-0.15, -0.1) is 0 Å². The SMILES string of the molecule is CC1=CC(C)(C)N(C(C)C)c2cc(C)c(/C=C3\SC(=O)N(CC(=O)Nc4ccc(C)cc4)C3=O)cc21. The lowest BCUT2D eigenvalue weighted by Crippen LogP contribution is -2.49. The van der Waals surface area contributed by atoms with Crippen LogP contribution in [0.15, 0.2) is 47.4 Å². The van der Waals surface area contributed by atoms with Gasteiger partial charge in [-0.1, -0.05) is 23.8 Å². The number of nitrogens with one attached hydrogen (secondary N) is 1. The maximum atomic E-state index is 13.1. The Bertz CT molecular complexity index is 1310. The van der Waals surface area contributed by atoms with Crippen molar-refractivity contribution in [3.05, 3.63) is 69.6 Å². The highest BCUT2D eigenvalue weighted by Crippen LogP contribution is 2.42. The number of rotatable bonds is 5. The van der Waals surface area contributed by atoms with Crippen LogP contribution in [0.25, 0.3) is 11.6 Å². The van der Waals surface area contributed by atoms with Crippen LogP contribution in [0.3, 0.4) is 0 Å². The minimum atomic E-state index is -0.446. The lowest BCUT2D eigenvalue weighted by molar-refractivity contribution is -0.127. The van der Waals surface area contributed by atoms with E-state index in [4.69, 9.17) is 0 Å². The fourth-order valence-corrected chi connectivity index (χ4v) is 5.90. The number of aryl methyl sites for hydroxylation is 2. The fourth-order valence-electron chi connectivity index (χ4n) is 5.07. The number of nitrogens with zero attached hydrogens (tertiary/aromatic N) is 2. The topological polar surface area (TPSA) is 69.7 Å². The molecule has 1 saturated heterocycles. The molecular weight excluding hydrogens is 470 g/mol. The molecule has 36 heavy (non-hydrogen) atoms. The van der Waals surface area contributed by atoms with Crippen molar-refractivity contribution in [2.24, 2.45) is 0 Å². The number of imide groups is 1. The molecule has 0 unspecified atom stereocenters. The van der Waals surface area contributed by atoms with Crippen molar-refractivity contribution in [3.63, 3.8) is 0 Å². The van der Waals surface area contributed by atoms with Crippen LogP contribution in [0.5, 0.6) is 0 Å². The van der Waals surface area contributed by atoms with Crippen LogP contribution < -0.4 is 10.2 Å². The van der Waals surface area contributed by atoms with Gasteiger partial charge in [0, 0.05) is 23.0 Å². The normalized spacial score (nSPS) is 18.1. The van der Waals surface area contributed by atoms with E-state index < -0.39 is 17.1 Å². The molecule has 4 rings (SSSR count). The first-order valence-electron chi connectivity index (χ1n) is 12.1. The third-order valence-electron chi connectivity index (χ3n) is 6.57. The van der Waals surface area contributed by atoms with Crippen molar-refractivity contribution in [1.29, 1.82) is 0 Å². The van der Waals surface area contributed by atoms with Crippen molar-refractivity contribution in [2.75, 3.05) is 16.8 Å². The first-order valence-corrected chi connectivity index (χ1v) is 12.9. The number of benzene rings is 2. The molecule has 1 fully saturated rings. The summed E-state index contributed by atoms with van der Waals surface area (Å²) in [4.78, 5) is 41.9. The zero-order valence-electron chi connectivity index (χ0n) is 21.9. The third-order valence-corrected chi connectivity index (χ3v) is 7.48. The van der Waals surface area contributed by atoms with Gasteiger partial charge in [0.25, 0.3) is 11.1 Å². The number of anilines is 2. The molecule has 2 heterocycles. The number of allylic oxidation sites excluding steroid dienone is 1. The lowest BCUT2D eigenvalue weighted by Gasteiger charge is -2.46. The Kier molecular flexibility index (Phi) is 6.88. The average molecular weight is 504 g/mol. The van der Waals surface area contributed by atoms with Gasteiger partial charge in [-0.25, -0.2) is 0 Å². The summed E-state index contributed by atoms with van der Waals surface area (Å²) in [7, 11) is 0. The Morgan fingerprint density at radius 1 is 1.08 bits per heavy atom. The summed E-state index contributed by atoms with van der Waals surface area (Å²) in [6.07, 6.45) is 4.04. The molecule has 1 N–H and O–H groups in total. The zero-order chi connectivity index (χ0) is 26.4. The molecule has 7 heteroatoms. The van der Waals surface area contributed by atoms with Crippen molar-refractivity contribution >= 4 is 51.8 Å². The van der Waals surface area contributed by atoms with E-state index in [9.17, 15) is 14.4 Å². The van der Waals surface area contributed by atoms with E-state index in [1.165, 1.54) is 11.3 Å². The molecule has 2 aromatic carbocycles. The smallest absolute Gasteiger partial charge is 0.294 e. The van der Waals surface area contributed by atoms with Crippen molar-refractivity contribution in [3.8, 4) is 0 Å². The van der Waals surface area contributed by atoms with E-state index in [-0.39, 0.29) is 12.1 Å². The van der Waals surface area contributed by atoms with Crippen LogP contribution in [-0.2, 0) is 9.59 Å². The van der Waals surface area contributed by atoms with Gasteiger partial charge in [0.15, 0.2) is 0 Å². The number of carbonyl (C=O) groups is 3. The van der Waals surface area contributed by atoms with Crippen molar-refractivity contribution in [1.82, 2.24) is 4.90 Å². The number of hydrogen-bond acceptors (Lipinski definition) is 5. The molecule has 3 amide bonds. The number of carbonyl (C=O) groups excluding carboxylic acids is 3. The van der Waals surface area contributed by atoms with Crippen molar-refractivity contribution in [2.45, 2.75) is 60.0 Å². The molecule has 2 aliphatic rings. The number of fused-ring (bicyclic) bond motifs is 1. The lowest BCUT2D eigenvalue weighted by atomic mass is 9.86. The Morgan fingerprint density at radius 3 is 2.39 bits per heavy atom. The van der Waals surface area contributed by atoms with E-state index in [2.05, 4.69) is 63.0 Å². The van der Waals surface area contributed by atoms with Gasteiger partial charge in [0.1, 0.15) is 6.54 Å². The number of hydrogen-bond donors (Lipinski definition) is 1. The number of amides is 3. The van der Waals surface area contributed by atoms with Crippen LogP contribution in [0.1, 0.15) is 56.9 Å². The van der Waals surface area contributed by atoms with Gasteiger partial charge in [-0.2, -0.15) is 0 Å². The summed E-state index contributed by atoms with van der Waals surface area (Å²) in [6.45, 7) is 14.6. The largest absolute Gasteiger partial charge is 0.360 e. The van der Waals surface area contributed by atoms with Gasteiger partial charge >= 0.3 is 0 Å². The molecule has 0 radical (unpaired) electrons. The highest BCUT2D eigenvalue weighted by molar-refractivity contribution is 8.18. The Balaban J connectivity index is 1.58. The Morgan fingerprint density at radius 2 is 1.75 bits per heavy atom. The highest BCUT2D eigenvalue weighted by atomic mass is 32.2. The standard InChI is InChI=1S/C29H33N3O3S/c1-17(2)32-24-12-19(4)21(13-23(24)20(5)15-29(32,6)7)14-25-27(34)31(28(35)36-25)16-26(33)30-22-10-8-18(3)9-11-22/h8-15,17H,16H2,1-7H3,(H,30,33)/b25-14-.